The fraction of sp³-hybridized carbons (Fsp3) is 0.462. The minimum Gasteiger partial charge on any atom is -0.444 e. The lowest BCUT2D eigenvalue weighted by molar-refractivity contribution is 0.0523. The first kappa shape index (κ1) is 22.3. The summed E-state index contributed by atoms with van der Waals surface area (Å²) in [6, 6.07) is 15.1. The Morgan fingerprint density at radius 1 is 1.19 bits per heavy atom. The molecule has 6 heteroatoms. The Hall–Kier alpha value is -2.86. The van der Waals surface area contributed by atoms with Crippen molar-refractivity contribution in [3.8, 4) is 0 Å². The van der Waals surface area contributed by atoms with E-state index in [4.69, 9.17) is 4.74 Å². The maximum Gasteiger partial charge on any atom is 0.407 e. The van der Waals surface area contributed by atoms with Crippen LogP contribution in [0.25, 0.3) is 10.9 Å². The first-order chi connectivity index (χ1) is 15.3. The van der Waals surface area contributed by atoms with Crippen molar-refractivity contribution in [3.63, 3.8) is 0 Å². The Bertz CT molecular complexity index is 1050. The molecular weight excluding hydrogens is 400 g/mol. The number of piperidine rings is 1. The number of aromatic amines is 1. The molecule has 0 spiro atoms. The molecule has 2 N–H and O–H groups in total. The Morgan fingerprint density at radius 2 is 2.03 bits per heavy atom. The van der Waals surface area contributed by atoms with Gasteiger partial charge in [0.25, 0.3) is 0 Å². The Labute approximate surface area is 190 Å². The predicted octanol–water partition coefficient (Wildman–Crippen LogP) is 5.04. The second kappa shape index (κ2) is 9.74. The zero-order chi connectivity index (χ0) is 22.6. The van der Waals surface area contributed by atoms with Gasteiger partial charge in [-0.15, -0.1) is 0 Å². The molecule has 1 aliphatic heterocycles. The summed E-state index contributed by atoms with van der Waals surface area (Å²) < 4.78 is 5.33. The number of hydrogen-bond donors (Lipinski definition) is 2. The van der Waals surface area contributed by atoms with Gasteiger partial charge in [-0.05, 0) is 81.3 Å². The van der Waals surface area contributed by atoms with Gasteiger partial charge in [-0.1, -0.05) is 30.3 Å². The van der Waals surface area contributed by atoms with Gasteiger partial charge in [0, 0.05) is 25.0 Å². The molecule has 6 nitrogen and oxygen atoms in total. The second-order valence-electron chi connectivity index (χ2n) is 9.91. The monoisotopic (exact) mass is 434 g/mol. The number of carbonyl (C=O) groups is 1. The molecule has 2 heterocycles. The predicted molar refractivity (Wildman–Crippen MR) is 127 cm³/mol. The summed E-state index contributed by atoms with van der Waals surface area (Å²) >= 11 is 0. The van der Waals surface area contributed by atoms with Crippen molar-refractivity contribution in [2.24, 2.45) is 5.92 Å². The van der Waals surface area contributed by atoms with Crippen LogP contribution in [0.2, 0.25) is 0 Å². The van der Waals surface area contributed by atoms with Crippen LogP contribution in [0.5, 0.6) is 0 Å². The molecule has 1 saturated heterocycles. The van der Waals surface area contributed by atoms with Gasteiger partial charge in [0.1, 0.15) is 5.60 Å². The number of rotatable bonds is 6. The quantitative estimate of drug-likeness (QED) is 0.570. The summed E-state index contributed by atoms with van der Waals surface area (Å²) in [4.78, 5) is 14.5. The third-order valence-electron chi connectivity index (χ3n) is 5.87. The fourth-order valence-electron chi connectivity index (χ4n) is 4.50. The summed E-state index contributed by atoms with van der Waals surface area (Å²) in [6.07, 6.45) is 5.14. The van der Waals surface area contributed by atoms with Crippen molar-refractivity contribution < 1.29 is 9.53 Å². The molecule has 0 aliphatic carbocycles. The molecule has 32 heavy (non-hydrogen) atoms. The number of H-pyrrole nitrogens is 1. The van der Waals surface area contributed by atoms with Gasteiger partial charge in [-0.2, -0.15) is 5.10 Å². The number of amides is 1. The molecule has 0 bridgehead atoms. The number of hydrogen-bond acceptors (Lipinski definition) is 4. The summed E-state index contributed by atoms with van der Waals surface area (Å²) in [5.41, 5.74) is 4.38. The molecule has 170 valence electrons. The van der Waals surface area contributed by atoms with E-state index in [1.807, 2.05) is 33.0 Å². The number of carbonyl (C=O) groups excluding carboxylic acids is 1. The smallest absolute Gasteiger partial charge is 0.407 e. The maximum absolute atomic E-state index is 11.9. The van der Waals surface area contributed by atoms with Crippen LogP contribution in [0.4, 0.5) is 4.79 Å². The molecule has 4 rings (SSSR count). The molecule has 0 radical (unpaired) electrons. The van der Waals surface area contributed by atoms with Crippen LogP contribution in [0, 0.1) is 5.92 Å². The minimum absolute atomic E-state index is 0.379. The first-order valence-corrected chi connectivity index (χ1v) is 11.5. The van der Waals surface area contributed by atoms with Crippen LogP contribution in [-0.2, 0) is 24.2 Å². The number of likely N-dealkylation sites (tertiary alicyclic amines) is 1. The maximum atomic E-state index is 11.9. The Balaban J connectivity index is 1.30. The number of nitrogens with zero attached hydrogens (tertiary/aromatic N) is 2. The van der Waals surface area contributed by atoms with Crippen molar-refractivity contribution in [1.29, 1.82) is 0 Å². The normalized spacial score (nSPS) is 17.4. The van der Waals surface area contributed by atoms with E-state index >= 15 is 0 Å². The summed E-state index contributed by atoms with van der Waals surface area (Å²) in [5.74, 6) is 0.671. The number of alkyl carbamates (subject to hydrolysis) is 1. The lowest BCUT2D eigenvalue weighted by Gasteiger charge is -2.33. The van der Waals surface area contributed by atoms with Crippen LogP contribution in [0.15, 0.2) is 48.7 Å². The van der Waals surface area contributed by atoms with Gasteiger partial charge in [-0.3, -0.25) is 10.00 Å². The van der Waals surface area contributed by atoms with E-state index in [-0.39, 0.29) is 6.09 Å². The van der Waals surface area contributed by atoms with Gasteiger partial charge in [-0.25, -0.2) is 4.79 Å². The largest absolute Gasteiger partial charge is 0.444 e. The zero-order valence-corrected chi connectivity index (χ0v) is 19.4. The van der Waals surface area contributed by atoms with Crippen molar-refractivity contribution >= 4 is 17.0 Å². The highest BCUT2D eigenvalue weighted by atomic mass is 16.6. The van der Waals surface area contributed by atoms with E-state index in [1.165, 1.54) is 29.4 Å². The molecule has 3 aromatic rings. The van der Waals surface area contributed by atoms with E-state index in [0.717, 1.165) is 37.1 Å². The van der Waals surface area contributed by atoms with Crippen LogP contribution in [0.3, 0.4) is 0 Å². The molecule has 1 amide bonds. The number of ether oxygens (including phenoxy) is 1. The molecule has 1 atom stereocenters. The van der Waals surface area contributed by atoms with Crippen molar-refractivity contribution in [2.75, 3.05) is 13.1 Å². The highest BCUT2D eigenvalue weighted by molar-refractivity contribution is 5.78. The third kappa shape index (κ3) is 6.33. The lowest BCUT2D eigenvalue weighted by atomic mass is 9.90. The van der Waals surface area contributed by atoms with E-state index in [2.05, 4.69) is 56.8 Å². The van der Waals surface area contributed by atoms with Crippen LogP contribution in [0.1, 0.15) is 50.3 Å². The molecule has 0 unspecified atom stereocenters. The van der Waals surface area contributed by atoms with Crippen molar-refractivity contribution in [2.45, 2.75) is 58.7 Å². The first-order valence-electron chi connectivity index (χ1n) is 11.5. The highest BCUT2D eigenvalue weighted by Crippen LogP contribution is 2.24. The van der Waals surface area contributed by atoms with Crippen LogP contribution < -0.4 is 5.32 Å². The van der Waals surface area contributed by atoms with Gasteiger partial charge < -0.3 is 10.1 Å². The summed E-state index contributed by atoms with van der Waals surface area (Å²) in [7, 11) is 0. The van der Waals surface area contributed by atoms with Gasteiger partial charge in [0.2, 0.25) is 0 Å². The molecule has 1 fully saturated rings. The molecule has 1 aromatic heterocycles. The number of fused-ring (bicyclic) bond motifs is 1. The summed E-state index contributed by atoms with van der Waals surface area (Å²) in [6.45, 7) is 9.28. The fourth-order valence-corrected chi connectivity index (χ4v) is 4.50. The van der Waals surface area contributed by atoms with Gasteiger partial charge in [0.05, 0.1) is 11.7 Å². The zero-order valence-electron chi connectivity index (χ0n) is 19.4. The average Bonchev–Trinajstić information content (AvgIpc) is 3.20. The van der Waals surface area contributed by atoms with Crippen LogP contribution in [-0.4, -0.2) is 39.9 Å². The van der Waals surface area contributed by atoms with Gasteiger partial charge >= 0.3 is 6.09 Å². The molecule has 2 aromatic carbocycles. The van der Waals surface area contributed by atoms with Crippen molar-refractivity contribution in [1.82, 2.24) is 20.4 Å². The standard InChI is InChI=1S/C26H34N4O2/c1-26(2,3)32-25(31)27-15-20-6-4-7-21(13-20)17-30-11-5-8-22(18-30)12-19-9-10-24-23(14-19)16-28-29-24/h4,6-7,9-10,13-14,16,22H,5,8,11-12,15,17-18H2,1-3H3,(H,27,31)(H,28,29)/t22-/m1/s1. The number of benzene rings is 2. The van der Waals surface area contributed by atoms with E-state index in [1.54, 1.807) is 0 Å². The summed E-state index contributed by atoms with van der Waals surface area (Å²) in [5, 5.41) is 11.2. The molecular formula is C26H34N4O2. The van der Waals surface area contributed by atoms with E-state index in [9.17, 15) is 4.79 Å². The Morgan fingerprint density at radius 3 is 2.88 bits per heavy atom. The van der Waals surface area contributed by atoms with Crippen molar-refractivity contribution in [3.05, 3.63) is 65.4 Å². The SMILES string of the molecule is CC(C)(C)OC(=O)NCc1cccc(CN2CCC[C@H](Cc3ccc4[nH]ncc4c3)C2)c1. The minimum atomic E-state index is -0.485. The number of aromatic nitrogens is 2. The van der Waals surface area contributed by atoms with E-state index < -0.39 is 5.60 Å². The van der Waals surface area contributed by atoms with E-state index in [0.29, 0.717) is 12.5 Å². The molecule has 1 aliphatic rings. The molecule has 0 saturated carbocycles. The van der Waals surface area contributed by atoms with Crippen LogP contribution >= 0.6 is 0 Å². The topological polar surface area (TPSA) is 70.2 Å². The number of nitrogens with one attached hydrogen (secondary N) is 2. The highest BCUT2D eigenvalue weighted by Gasteiger charge is 2.21. The lowest BCUT2D eigenvalue weighted by Crippen LogP contribution is -2.35. The average molecular weight is 435 g/mol. The third-order valence-corrected chi connectivity index (χ3v) is 5.87. The second-order valence-corrected chi connectivity index (χ2v) is 9.91. The van der Waals surface area contributed by atoms with Gasteiger partial charge in [0.15, 0.2) is 0 Å². The Kier molecular flexibility index (Phi) is 6.80.